The van der Waals surface area contributed by atoms with Crippen molar-refractivity contribution in [3.63, 3.8) is 0 Å². The number of hydrogen-bond donors (Lipinski definition) is 2. The maximum Gasteiger partial charge on any atom is 0.0739 e. The maximum absolute atomic E-state index is 8.99. The second-order valence-corrected chi connectivity index (χ2v) is 5.34. The minimum absolute atomic E-state index is 0.0922. The van der Waals surface area contributed by atoms with Gasteiger partial charge in [0.05, 0.1) is 22.5 Å². The van der Waals surface area contributed by atoms with E-state index < -0.39 is 0 Å². The molecular formula is C14H18BrN3O. The molecule has 4 nitrogen and oxygen atoms in total. The molecule has 1 heterocycles. The third-order valence-electron chi connectivity index (χ3n) is 3.09. The number of aliphatic hydroxyl groups is 1. The molecule has 0 aliphatic carbocycles. The first-order chi connectivity index (χ1) is 9.11. The molecule has 2 rings (SSSR count). The summed E-state index contributed by atoms with van der Waals surface area (Å²) in [6.07, 6.45) is 0. The van der Waals surface area contributed by atoms with Crippen LogP contribution >= 0.6 is 15.9 Å². The average Bonchev–Trinajstić information content (AvgIpc) is 2.66. The largest absolute Gasteiger partial charge is 0.392 e. The molecule has 0 atom stereocenters. The highest BCUT2D eigenvalue weighted by Gasteiger charge is 2.09. The Morgan fingerprint density at radius 3 is 2.37 bits per heavy atom. The molecule has 0 bridgehead atoms. The predicted molar refractivity (Wildman–Crippen MR) is 78.6 cm³/mol. The van der Waals surface area contributed by atoms with Gasteiger partial charge >= 0.3 is 0 Å². The van der Waals surface area contributed by atoms with E-state index in [0.29, 0.717) is 0 Å². The smallest absolute Gasteiger partial charge is 0.0739 e. The van der Waals surface area contributed by atoms with Crippen molar-refractivity contribution in [2.24, 2.45) is 7.05 Å². The normalized spacial score (nSPS) is 10.9. The molecule has 102 valence electrons. The first-order valence-corrected chi connectivity index (χ1v) is 6.98. The number of nitrogens with one attached hydrogen (secondary N) is 1. The zero-order chi connectivity index (χ0) is 13.8. The van der Waals surface area contributed by atoms with Crippen LogP contribution in [0.4, 0.5) is 0 Å². The molecule has 0 saturated heterocycles. The van der Waals surface area contributed by atoms with Gasteiger partial charge in [-0.15, -0.1) is 0 Å². The molecule has 2 N–H and O–H groups in total. The SMILES string of the molecule is Cc1nn(C)c(CNCc2ccc(CO)cc2)c1Br. The van der Waals surface area contributed by atoms with Gasteiger partial charge in [0.15, 0.2) is 0 Å². The lowest BCUT2D eigenvalue weighted by Gasteiger charge is -2.07. The lowest BCUT2D eigenvalue weighted by Crippen LogP contribution is -2.15. The Labute approximate surface area is 121 Å². The number of aryl methyl sites for hydroxylation is 2. The van der Waals surface area contributed by atoms with Crippen molar-refractivity contribution < 1.29 is 5.11 Å². The first-order valence-electron chi connectivity index (χ1n) is 6.19. The van der Waals surface area contributed by atoms with Crippen LogP contribution in [0, 0.1) is 6.92 Å². The van der Waals surface area contributed by atoms with Gasteiger partial charge in [-0.05, 0) is 34.0 Å². The fraction of sp³-hybridized carbons (Fsp3) is 0.357. The van der Waals surface area contributed by atoms with Crippen molar-refractivity contribution in [1.29, 1.82) is 0 Å². The first kappa shape index (κ1) is 14.2. The van der Waals surface area contributed by atoms with Gasteiger partial charge in [0.2, 0.25) is 0 Å². The van der Waals surface area contributed by atoms with E-state index >= 15 is 0 Å². The van der Waals surface area contributed by atoms with E-state index in [1.165, 1.54) is 5.56 Å². The molecule has 0 unspecified atom stereocenters. The van der Waals surface area contributed by atoms with Gasteiger partial charge < -0.3 is 10.4 Å². The lowest BCUT2D eigenvalue weighted by atomic mass is 10.1. The predicted octanol–water partition coefficient (Wildman–Crippen LogP) is 2.27. The fourth-order valence-electron chi connectivity index (χ4n) is 1.96. The monoisotopic (exact) mass is 323 g/mol. The van der Waals surface area contributed by atoms with Crippen LogP contribution in [0.5, 0.6) is 0 Å². The van der Waals surface area contributed by atoms with E-state index in [2.05, 4.69) is 26.3 Å². The van der Waals surface area contributed by atoms with Crippen LogP contribution in [0.25, 0.3) is 0 Å². The van der Waals surface area contributed by atoms with Crippen molar-refractivity contribution in [2.45, 2.75) is 26.6 Å². The molecule has 1 aromatic carbocycles. The van der Waals surface area contributed by atoms with Crippen molar-refractivity contribution in [2.75, 3.05) is 0 Å². The molecule has 0 radical (unpaired) electrons. The van der Waals surface area contributed by atoms with Gasteiger partial charge in [0.25, 0.3) is 0 Å². The Bertz CT molecular complexity index is 549. The second-order valence-electron chi connectivity index (χ2n) is 4.55. The molecule has 0 aliphatic rings. The van der Waals surface area contributed by atoms with E-state index in [1.807, 2.05) is 42.9 Å². The van der Waals surface area contributed by atoms with Crippen molar-refractivity contribution in [1.82, 2.24) is 15.1 Å². The second kappa shape index (κ2) is 6.32. The minimum atomic E-state index is 0.0922. The molecule has 0 aliphatic heterocycles. The van der Waals surface area contributed by atoms with Gasteiger partial charge in [-0.25, -0.2) is 0 Å². The molecule has 0 amide bonds. The number of hydrogen-bond acceptors (Lipinski definition) is 3. The number of aliphatic hydroxyl groups excluding tert-OH is 1. The molecule has 19 heavy (non-hydrogen) atoms. The van der Waals surface area contributed by atoms with Crippen molar-refractivity contribution in [3.8, 4) is 0 Å². The molecule has 0 fully saturated rings. The highest BCUT2D eigenvalue weighted by Crippen LogP contribution is 2.19. The average molecular weight is 324 g/mol. The van der Waals surface area contributed by atoms with Crippen molar-refractivity contribution in [3.05, 3.63) is 51.3 Å². The quantitative estimate of drug-likeness (QED) is 0.887. The Morgan fingerprint density at radius 1 is 1.21 bits per heavy atom. The molecular weight excluding hydrogens is 306 g/mol. The zero-order valence-corrected chi connectivity index (χ0v) is 12.7. The molecule has 0 saturated carbocycles. The number of rotatable bonds is 5. The van der Waals surface area contributed by atoms with Crippen LogP contribution in [-0.2, 0) is 26.7 Å². The molecule has 1 aromatic heterocycles. The van der Waals surface area contributed by atoms with E-state index in [-0.39, 0.29) is 6.61 Å². The molecule has 2 aromatic rings. The van der Waals surface area contributed by atoms with E-state index in [4.69, 9.17) is 5.11 Å². The number of nitrogens with zero attached hydrogens (tertiary/aromatic N) is 2. The van der Waals surface area contributed by atoms with Crippen LogP contribution in [0.1, 0.15) is 22.5 Å². The van der Waals surface area contributed by atoms with E-state index in [9.17, 15) is 0 Å². The Balaban J connectivity index is 1.92. The summed E-state index contributed by atoms with van der Waals surface area (Å²) in [7, 11) is 1.95. The Kier molecular flexibility index (Phi) is 4.74. The summed E-state index contributed by atoms with van der Waals surface area (Å²) in [5.41, 5.74) is 4.29. The maximum atomic E-state index is 8.99. The third kappa shape index (κ3) is 3.43. The summed E-state index contributed by atoms with van der Waals surface area (Å²) in [5.74, 6) is 0. The van der Waals surface area contributed by atoms with E-state index in [1.54, 1.807) is 0 Å². The van der Waals surface area contributed by atoms with Crippen LogP contribution < -0.4 is 5.32 Å². The van der Waals surface area contributed by atoms with Crippen LogP contribution in [0.3, 0.4) is 0 Å². The zero-order valence-electron chi connectivity index (χ0n) is 11.2. The number of aromatic nitrogens is 2. The van der Waals surface area contributed by atoms with Gasteiger partial charge in [-0.1, -0.05) is 24.3 Å². The summed E-state index contributed by atoms with van der Waals surface area (Å²) in [5, 5.41) is 16.7. The summed E-state index contributed by atoms with van der Waals surface area (Å²) in [6.45, 7) is 3.64. The number of halogens is 1. The minimum Gasteiger partial charge on any atom is -0.392 e. The van der Waals surface area contributed by atoms with Gasteiger partial charge in [-0.3, -0.25) is 4.68 Å². The van der Waals surface area contributed by atoms with Crippen LogP contribution in [0.2, 0.25) is 0 Å². The van der Waals surface area contributed by atoms with E-state index in [0.717, 1.165) is 34.5 Å². The van der Waals surface area contributed by atoms with Crippen LogP contribution in [-0.4, -0.2) is 14.9 Å². The van der Waals surface area contributed by atoms with Gasteiger partial charge in [0, 0.05) is 20.1 Å². The summed E-state index contributed by atoms with van der Waals surface area (Å²) in [4.78, 5) is 0. The highest BCUT2D eigenvalue weighted by atomic mass is 79.9. The summed E-state index contributed by atoms with van der Waals surface area (Å²) >= 11 is 3.56. The molecule has 5 heteroatoms. The van der Waals surface area contributed by atoms with Gasteiger partial charge in [-0.2, -0.15) is 5.10 Å². The third-order valence-corrected chi connectivity index (χ3v) is 4.12. The molecule has 0 spiro atoms. The highest BCUT2D eigenvalue weighted by molar-refractivity contribution is 9.10. The Morgan fingerprint density at radius 2 is 1.84 bits per heavy atom. The number of benzene rings is 1. The fourth-order valence-corrected chi connectivity index (χ4v) is 2.44. The summed E-state index contributed by atoms with van der Waals surface area (Å²) in [6, 6.07) is 7.95. The Hall–Kier alpha value is -1.17. The lowest BCUT2D eigenvalue weighted by molar-refractivity contribution is 0.282. The van der Waals surface area contributed by atoms with Gasteiger partial charge in [0.1, 0.15) is 0 Å². The van der Waals surface area contributed by atoms with Crippen LogP contribution in [0.15, 0.2) is 28.7 Å². The van der Waals surface area contributed by atoms with Crippen molar-refractivity contribution >= 4 is 15.9 Å². The summed E-state index contributed by atoms with van der Waals surface area (Å²) < 4.78 is 2.96. The standard InChI is InChI=1S/C14H18BrN3O/c1-10-14(15)13(18(2)17-10)8-16-7-11-3-5-12(9-19)6-4-11/h3-6,16,19H,7-9H2,1-2H3. The topological polar surface area (TPSA) is 50.1 Å².